The number of hydrogen-bond acceptors (Lipinski definition) is 4. The van der Waals surface area contributed by atoms with Crippen LogP contribution >= 0.6 is 0 Å². The molecule has 2 aromatic carbocycles. The van der Waals surface area contributed by atoms with Gasteiger partial charge in [0, 0.05) is 11.1 Å². The second kappa shape index (κ2) is 4.80. The molecule has 0 spiro atoms. The van der Waals surface area contributed by atoms with Crippen LogP contribution in [0.25, 0.3) is 0 Å². The smallest absolute Gasteiger partial charge is 0.281 e. The zero-order valence-corrected chi connectivity index (χ0v) is 11.3. The molecule has 0 saturated carbocycles. The number of ketones is 1. The van der Waals surface area contributed by atoms with E-state index in [1.807, 2.05) is 0 Å². The number of aliphatic hydroxyl groups is 1. The largest absolute Gasteiger partial charge is 0.359 e. The highest BCUT2D eigenvalue weighted by atomic mass is 16.7. The molecule has 0 saturated heterocycles. The highest BCUT2D eigenvalue weighted by Crippen LogP contribution is 2.36. The summed E-state index contributed by atoms with van der Waals surface area (Å²) in [7, 11) is 1.24. The minimum atomic E-state index is -2.17. The van der Waals surface area contributed by atoms with Gasteiger partial charge in [0.2, 0.25) is 5.78 Å². The molecule has 5 heteroatoms. The minimum absolute atomic E-state index is 0.183. The molecule has 0 fully saturated rings. The molecule has 0 radical (unpaired) electrons. The predicted octanol–water partition coefficient (Wildman–Crippen LogP) is 1.73. The molecule has 1 unspecified atom stereocenters. The van der Waals surface area contributed by atoms with Crippen molar-refractivity contribution in [3.05, 3.63) is 71.3 Å². The van der Waals surface area contributed by atoms with Crippen LogP contribution in [0.15, 0.2) is 54.6 Å². The summed E-state index contributed by atoms with van der Waals surface area (Å²) in [5, 5.41) is 11.6. The van der Waals surface area contributed by atoms with Crippen molar-refractivity contribution in [2.45, 2.75) is 5.72 Å². The molecule has 0 aromatic heterocycles. The molecule has 5 nitrogen and oxygen atoms in total. The van der Waals surface area contributed by atoms with Crippen LogP contribution in [0.1, 0.15) is 26.3 Å². The van der Waals surface area contributed by atoms with Gasteiger partial charge < -0.3 is 5.11 Å². The van der Waals surface area contributed by atoms with Gasteiger partial charge in [-0.15, -0.1) is 0 Å². The van der Waals surface area contributed by atoms with Gasteiger partial charge in [-0.1, -0.05) is 48.5 Å². The summed E-state index contributed by atoms with van der Waals surface area (Å²) in [6.45, 7) is 0. The van der Waals surface area contributed by atoms with E-state index in [4.69, 9.17) is 4.84 Å². The van der Waals surface area contributed by atoms with Crippen molar-refractivity contribution in [2.75, 3.05) is 7.11 Å². The zero-order chi connectivity index (χ0) is 15.0. The van der Waals surface area contributed by atoms with Crippen LogP contribution in [0.5, 0.6) is 0 Å². The van der Waals surface area contributed by atoms with E-state index in [-0.39, 0.29) is 16.7 Å². The third kappa shape index (κ3) is 1.79. The number of rotatable bonds is 2. The van der Waals surface area contributed by atoms with Crippen molar-refractivity contribution in [3.63, 3.8) is 0 Å². The molecule has 0 bridgehead atoms. The standard InChI is InChI=1S/C16H13NO4/c1-21-17-15(19)13-10-6-5-9-12(13)14(18)16(17,20)11-7-3-2-4-8-11/h2-10,20H,1H3. The van der Waals surface area contributed by atoms with Gasteiger partial charge in [-0.3, -0.25) is 14.4 Å². The maximum atomic E-state index is 12.7. The van der Waals surface area contributed by atoms with Gasteiger partial charge in [-0.25, -0.2) is 0 Å². The highest BCUT2D eigenvalue weighted by molar-refractivity contribution is 6.16. The summed E-state index contributed by atoms with van der Waals surface area (Å²) >= 11 is 0. The Labute approximate surface area is 121 Å². The Morgan fingerprint density at radius 2 is 1.52 bits per heavy atom. The topological polar surface area (TPSA) is 66.8 Å². The van der Waals surface area contributed by atoms with E-state index in [0.717, 1.165) is 0 Å². The number of hydrogen-bond donors (Lipinski definition) is 1. The monoisotopic (exact) mass is 283 g/mol. The third-order valence-electron chi connectivity index (χ3n) is 3.56. The van der Waals surface area contributed by atoms with E-state index in [2.05, 4.69) is 0 Å². The SMILES string of the molecule is CON1C(=O)c2ccccc2C(=O)C1(O)c1ccccc1. The molecule has 1 aliphatic heterocycles. The minimum Gasteiger partial charge on any atom is -0.359 e. The van der Waals surface area contributed by atoms with Gasteiger partial charge in [-0.2, -0.15) is 5.06 Å². The second-order valence-electron chi connectivity index (χ2n) is 4.70. The molecular formula is C16H13NO4. The Hall–Kier alpha value is -2.50. The maximum Gasteiger partial charge on any atom is 0.281 e. The van der Waals surface area contributed by atoms with Gasteiger partial charge in [0.1, 0.15) is 0 Å². The van der Waals surface area contributed by atoms with Gasteiger partial charge in [0.15, 0.2) is 0 Å². The van der Waals surface area contributed by atoms with Crippen LogP contribution < -0.4 is 0 Å². The molecule has 106 valence electrons. The van der Waals surface area contributed by atoms with Crippen molar-refractivity contribution < 1.29 is 19.5 Å². The predicted molar refractivity (Wildman–Crippen MR) is 74.3 cm³/mol. The molecule has 0 aliphatic carbocycles. The van der Waals surface area contributed by atoms with Crippen molar-refractivity contribution in [3.8, 4) is 0 Å². The van der Waals surface area contributed by atoms with Crippen LogP contribution in [-0.2, 0) is 10.6 Å². The molecule has 1 atom stereocenters. The molecule has 1 amide bonds. The molecule has 1 N–H and O–H groups in total. The number of benzene rings is 2. The first kappa shape index (κ1) is 13.5. The number of carbonyl (C=O) groups is 2. The summed E-state index contributed by atoms with van der Waals surface area (Å²) in [6, 6.07) is 14.6. The quantitative estimate of drug-likeness (QED) is 0.911. The first-order chi connectivity index (χ1) is 10.1. The van der Waals surface area contributed by atoms with Crippen LogP contribution in [0.3, 0.4) is 0 Å². The van der Waals surface area contributed by atoms with Crippen molar-refractivity contribution >= 4 is 11.7 Å². The van der Waals surface area contributed by atoms with Crippen molar-refractivity contribution in [1.82, 2.24) is 5.06 Å². The number of Topliss-reactive ketones (excluding diaryl/α,β-unsaturated/α-hetero) is 1. The Morgan fingerprint density at radius 3 is 2.14 bits per heavy atom. The normalized spacial score (nSPS) is 21.3. The Bertz CT molecular complexity index is 713. The van der Waals surface area contributed by atoms with Gasteiger partial charge in [-0.05, 0) is 6.07 Å². The van der Waals surface area contributed by atoms with Gasteiger partial charge in [0.05, 0.1) is 12.7 Å². The van der Waals surface area contributed by atoms with Crippen molar-refractivity contribution in [2.24, 2.45) is 0 Å². The number of carbonyl (C=O) groups excluding carboxylic acids is 2. The summed E-state index contributed by atoms with van der Waals surface area (Å²) in [5.41, 5.74) is -1.49. The lowest BCUT2D eigenvalue weighted by Gasteiger charge is -2.40. The number of hydroxylamine groups is 2. The van der Waals surface area contributed by atoms with E-state index >= 15 is 0 Å². The molecule has 3 rings (SSSR count). The maximum absolute atomic E-state index is 12.7. The molecule has 1 heterocycles. The van der Waals surface area contributed by atoms with Gasteiger partial charge in [0.25, 0.3) is 11.6 Å². The van der Waals surface area contributed by atoms with Crippen LogP contribution in [0, 0.1) is 0 Å². The van der Waals surface area contributed by atoms with Crippen LogP contribution in [0.2, 0.25) is 0 Å². The van der Waals surface area contributed by atoms with E-state index in [9.17, 15) is 14.7 Å². The molecular weight excluding hydrogens is 270 g/mol. The summed E-state index contributed by atoms with van der Waals surface area (Å²) in [5.74, 6) is -1.15. The van der Waals surface area contributed by atoms with Crippen molar-refractivity contribution in [1.29, 1.82) is 0 Å². The van der Waals surface area contributed by atoms with Crippen LogP contribution in [-0.4, -0.2) is 29.0 Å². The van der Waals surface area contributed by atoms with Crippen LogP contribution in [0.4, 0.5) is 0 Å². The lowest BCUT2D eigenvalue weighted by Crippen LogP contribution is -2.57. The molecule has 1 aliphatic rings. The Morgan fingerprint density at radius 1 is 0.952 bits per heavy atom. The number of fused-ring (bicyclic) bond motifs is 1. The lowest BCUT2D eigenvalue weighted by atomic mass is 9.86. The number of nitrogens with zero attached hydrogens (tertiary/aromatic N) is 1. The Kier molecular flexibility index (Phi) is 3.08. The van der Waals surface area contributed by atoms with E-state index in [1.54, 1.807) is 42.5 Å². The molecule has 21 heavy (non-hydrogen) atoms. The Balaban J connectivity index is 2.26. The average molecular weight is 283 g/mol. The van der Waals surface area contributed by atoms with E-state index in [0.29, 0.717) is 5.06 Å². The fourth-order valence-corrected chi connectivity index (χ4v) is 2.54. The highest BCUT2D eigenvalue weighted by Gasteiger charge is 2.52. The summed E-state index contributed by atoms with van der Waals surface area (Å²) in [6.07, 6.45) is 0. The first-order valence-electron chi connectivity index (χ1n) is 6.41. The average Bonchev–Trinajstić information content (AvgIpc) is 2.54. The summed E-state index contributed by atoms with van der Waals surface area (Å²) in [4.78, 5) is 30.2. The second-order valence-corrected chi connectivity index (χ2v) is 4.70. The zero-order valence-electron chi connectivity index (χ0n) is 11.3. The molecule has 2 aromatic rings. The van der Waals surface area contributed by atoms with Gasteiger partial charge >= 0.3 is 0 Å². The lowest BCUT2D eigenvalue weighted by molar-refractivity contribution is -0.227. The fourth-order valence-electron chi connectivity index (χ4n) is 2.54. The fraction of sp³-hybridized carbons (Fsp3) is 0.125. The van der Waals surface area contributed by atoms with E-state index < -0.39 is 17.4 Å². The first-order valence-corrected chi connectivity index (χ1v) is 6.41. The number of amides is 1. The summed E-state index contributed by atoms with van der Waals surface area (Å²) < 4.78 is 0. The van der Waals surface area contributed by atoms with E-state index in [1.165, 1.54) is 19.2 Å². The third-order valence-corrected chi connectivity index (χ3v) is 3.56.